The quantitative estimate of drug-likeness (QED) is 0.709. The van der Waals surface area contributed by atoms with Crippen LogP contribution in [0.3, 0.4) is 0 Å². The summed E-state index contributed by atoms with van der Waals surface area (Å²) in [6.45, 7) is 3.04. The molecule has 3 heterocycles. The van der Waals surface area contributed by atoms with Crippen molar-refractivity contribution in [2.24, 2.45) is 0 Å². The van der Waals surface area contributed by atoms with Crippen LogP contribution in [0.4, 0.5) is 5.69 Å². The number of nitrogens with one attached hydrogen (secondary N) is 2. The first-order valence-electron chi connectivity index (χ1n) is 7.01. The number of hydrogen-bond acceptors (Lipinski definition) is 3. The van der Waals surface area contributed by atoms with Gasteiger partial charge in [0.25, 0.3) is 0 Å². The van der Waals surface area contributed by atoms with Crippen molar-refractivity contribution in [3.8, 4) is 11.4 Å². The minimum atomic E-state index is 0.793. The van der Waals surface area contributed by atoms with E-state index in [0.717, 1.165) is 35.6 Å². The molecule has 0 unspecified atom stereocenters. The standard InChI is InChI=1S/C16H16N4/c1-10-7-8-14-16(18-10)20-15(19-14)12-4-2-6-13-11(12)5-3-9-17-13/h2,4,6-8,17H,3,5,9H2,1H3,(H,18,19,20). The summed E-state index contributed by atoms with van der Waals surface area (Å²) >= 11 is 0. The third-order valence-electron chi connectivity index (χ3n) is 3.84. The lowest BCUT2D eigenvalue weighted by Gasteiger charge is -2.20. The fraction of sp³-hybridized carbons (Fsp3) is 0.250. The van der Waals surface area contributed by atoms with Gasteiger partial charge in [0.15, 0.2) is 5.65 Å². The van der Waals surface area contributed by atoms with Crippen LogP contribution in [0.25, 0.3) is 22.6 Å². The SMILES string of the molecule is Cc1ccc2[nH]c(-c3cccc4c3CCCN4)nc2n1. The smallest absolute Gasteiger partial charge is 0.178 e. The molecule has 4 rings (SSSR count). The fourth-order valence-electron chi connectivity index (χ4n) is 2.85. The van der Waals surface area contributed by atoms with Gasteiger partial charge in [-0.3, -0.25) is 0 Å². The third kappa shape index (κ3) is 1.76. The van der Waals surface area contributed by atoms with Crippen molar-refractivity contribution in [1.82, 2.24) is 15.0 Å². The molecular weight excluding hydrogens is 248 g/mol. The van der Waals surface area contributed by atoms with Gasteiger partial charge >= 0.3 is 0 Å². The van der Waals surface area contributed by atoms with Gasteiger partial charge in [-0.05, 0) is 43.5 Å². The van der Waals surface area contributed by atoms with Crippen LogP contribution in [0, 0.1) is 6.92 Å². The number of nitrogens with zero attached hydrogens (tertiary/aromatic N) is 2. The van der Waals surface area contributed by atoms with Crippen LogP contribution in [0.1, 0.15) is 17.7 Å². The van der Waals surface area contributed by atoms with Gasteiger partial charge in [-0.25, -0.2) is 9.97 Å². The van der Waals surface area contributed by atoms with Gasteiger partial charge in [0.05, 0.1) is 5.52 Å². The fourth-order valence-corrected chi connectivity index (χ4v) is 2.85. The van der Waals surface area contributed by atoms with E-state index in [9.17, 15) is 0 Å². The molecule has 0 fully saturated rings. The highest BCUT2D eigenvalue weighted by molar-refractivity contribution is 5.79. The van der Waals surface area contributed by atoms with Gasteiger partial charge < -0.3 is 10.3 Å². The second-order valence-electron chi connectivity index (χ2n) is 5.27. The lowest BCUT2D eigenvalue weighted by Crippen LogP contribution is -2.12. The van der Waals surface area contributed by atoms with E-state index >= 15 is 0 Å². The average Bonchev–Trinajstić information content (AvgIpc) is 2.89. The van der Waals surface area contributed by atoms with Gasteiger partial charge in [-0.1, -0.05) is 12.1 Å². The Morgan fingerprint density at radius 1 is 1.10 bits per heavy atom. The number of anilines is 1. The maximum atomic E-state index is 4.66. The van der Waals surface area contributed by atoms with E-state index in [1.54, 1.807) is 0 Å². The van der Waals surface area contributed by atoms with Crippen LogP contribution in [0.15, 0.2) is 30.3 Å². The van der Waals surface area contributed by atoms with Gasteiger partial charge in [0.2, 0.25) is 0 Å². The number of aromatic amines is 1. The highest BCUT2D eigenvalue weighted by Crippen LogP contribution is 2.31. The third-order valence-corrected chi connectivity index (χ3v) is 3.84. The number of fused-ring (bicyclic) bond motifs is 2. The molecule has 0 amide bonds. The molecule has 100 valence electrons. The molecule has 2 aromatic heterocycles. The monoisotopic (exact) mass is 264 g/mol. The Hall–Kier alpha value is -2.36. The normalized spacial score (nSPS) is 14.1. The lowest BCUT2D eigenvalue weighted by atomic mass is 9.97. The number of hydrogen-bond donors (Lipinski definition) is 2. The molecule has 0 saturated heterocycles. The van der Waals surface area contributed by atoms with Crippen LogP contribution < -0.4 is 5.32 Å². The molecule has 1 aromatic carbocycles. The number of benzene rings is 1. The zero-order chi connectivity index (χ0) is 13.5. The number of H-pyrrole nitrogens is 1. The van der Waals surface area contributed by atoms with Crippen molar-refractivity contribution < 1.29 is 0 Å². The number of aromatic nitrogens is 3. The summed E-state index contributed by atoms with van der Waals surface area (Å²) in [7, 11) is 0. The first-order valence-corrected chi connectivity index (χ1v) is 7.01. The minimum absolute atomic E-state index is 0.793. The van der Waals surface area contributed by atoms with Crippen molar-refractivity contribution >= 4 is 16.9 Å². The maximum absolute atomic E-state index is 4.66. The van der Waals surface area contributed by atoms with Crippen molar-refractivity contribution in [2.75, 3.05) is 11.9 Å². The first-order chi connectivity index (χ1) is 9.81. The first kappa shape index (κ1) is 11.5. The van der Waals surface area contributed by atoms with E-state index in [1.165, 1.54) is 23.2 Å². The maximum Gasteiger partial charge on any atom is 0.178 e. The summed E-state index contributed by atoms with van der Waals surface area (Å²) in [6, 6.07) is 10.4. The Morgan fingerprint density at radius 2 is 2.05 bits per heavy atom. The predicted molar refractivity (Wildman–Crippen MR) is 80.9 cm³/mol. The summed E-state index contributed by atoms with van der Waals surface area (Å²) in [5, 5.41) is 3.46. The second kappa shape index (κ2) is 4.34. The molecule has 0 saturated carbocycles. The summed E-state index contributed by atoms with van der Waals surface area (Å²) in [6.07, 6.45) is 2.27. The Kier molecular flexibility index (Phi) is 2.49. The topological polar surface area (TPSA) is 53.6 Å². The predicted octanol–water partition coefficient (Wildman–Crippen LogP) is 3.29. The van der Waals surface area contributed by atoms with E-state index in [1.807, 2.05) is 19.1 Å². The number of imidazole rings is 1. The summed E-state index contributed by atoms with van der Waals surface area (Å²) in [4.78, 5) is 12.5. The van der Waals surface area contributed by atoms with Gasteiger partial charge in [-0.2, -0.15) is 0 Å². The molecule has 2 N–H and O–H groups in total. The zero-order valence-corrected chi connectivity index (χ0v) is 11.4. The molecule has 0 spiro atoms. The van der Waals surface area contributed by atoms with E-state index in [-0.39, 0.29) is 0 Å². The molecule has 0 atom stereocenters. The largest absolute Gasteiger partial charge is 0.385 e. The van der Waals surface area contributed by atoms with Crippen LogP contribution >= 0.6 is 0 Å². The number of rotatable bonds is 1. The molecule has 0 bridgehead atoms. The summed E-state index contributed by atoms with van der Waals surface area (Å²) in [5.74, 6) is 0.915. The summed E-state index contributed by atoms with van der Waals surface area (Å²) < 4.78 is 0. The van der Waals surface area contributed by atoms with Gasteiger partial charge in [0, 0.05) is 23.5 Å². The highest BCUT2D eigenvalue weighted by atomic mass is 15.0. The van der Waals surface area contributed by atoms with Crippen molar-refractivity contribution in [3.05, 3.63) is 41.6 Å². The van der Waals surface area contributed by atoms with E-state index in [2.05, 4.69) is 38.5 Å². The molecule has 4 heteroatoms. The van der Waals surface area contributed by atoms with Gasteiger partial charge in [0.1, 0.15) is 5.82 Å². The number of aryl methyl sites for hydroxylation is 1. The number of pyridine rings is 1. The van der Waals surface area contributed by atoms with Crippen LogP contribution in [0.5, 0.6) is 0 Å². The molecule has 1 aliphatic heterocycles. The molecule has 1 aliphatic rings. The Morgan fingerprint density at radius 3 is 3.00 bits per heavy atom. The molecular formula is C16H16N4. The minimum Gasteiger partial charge on any atom is -0.385 e. The van der Waals surface area contributed by atoms with Crippen LogP contribution in [0.2, 0.25) is 0 Å². The lowest BCUT2D eigenvalue weighted by molar-refractivity contribution is 0.831. The summed E-state index contributed by atoms with van der Waals surface area (Å²) in [5.41, 5.74) is 6.55. The Labute approximate surface area is 117 Å². The van der Waals surface area contributed by atoms with Crippen LogP contribution in [-0.2, 0) is 6.42 Å². The molecule has 0 aliphatic carbocycles. The molecule has 0 radical (unpaired) electrons. The van der Waals surface area contributed by atoms with Crippen molar-refractivity contribution in [3.63, 3.8) is 0 Å². The Bertz CT molecular complexity index is 788. The van der Waals surface area contributed by atoms with E-state index < -0.39 is 0 Å². The molecule has 3 aromatic rings. The van der Waals surface area contributed by atoms with Crippen molar-refractivity contribution in [1.29, 1.82) is 0 Å². The van der Waals surface area contributed by atoms with E-state index in [0.29, 0.717) is 0 Å². The zero-order valence-electron chi connectivity index (χ0n) is 11.4. The van der Waals surface area contributed by atoms with E-state index in [4.69, 9.17) is 0 Å². The molecule has 20 heavy (non-hydrogen) atoms. The highest BCUT2D eigenvalue weighted by Gasteiger charge is 2.16. The Balaban J connectivity index is 1.90. The average molecular weight is 264 g/mol. The van der Waals surface area contributed by atoms with Crippen molar-refractivity contribution in [2.45, 2.75) is 19.8 Å². The van der Waals surface area contributed by atoms with Gasteiger partial charge in [-0.15, -0.1) is 0 Å². The molecule has 4 nitrogen and oxygen atoms in total. The van der Waals surface area contributed by atoms with Crippen LogP contribution in [-0.4, -0.2) is 21.5 Å². The second-order valence-corrected chi connectivity index (χ2v) is 5.27.